The van der Waals surface area contributed by atoms with Crippen LogP contribution in [0.1, 0.15) is 37.6 Å². The van der Waals surface area contributed by atoms with Crippen molar-refractivity contribution < 1.29 is 4.79 Å². The predicted octanol–water partition coefficient (Wildman–Crippen LogP) is 0.632. The van der Waals surface area contributed by atoms with Gasteiger partial charge in [-0.1, -0.05) is 13.8 Å². The quantitative estimate of drug-likeness (QED) is 0.765. The smallest absolute Gasteiger partial charge is 0.239 e. The molecule has 1 rings (SSSR count). The van der Waals surface area contributed by atoms with Gasteiger partial charge in [-0.25, -0.2) is 0 Å². The Bertz CT molecular complexity index is 461. The zero-order valence-electron chi connectivity index (χ0n) is 12.9. The van der Waals surface area contributed by atoms with Crippen LogP contribution in [0.25, 0.3) is 0 Å². The summed E-state index contributed by atoms with van der Waals surface area (Å²) in [6.45, 7) is 7.50. The molecule has 0 fully saturated rings. The fraction of sp³-hybridized carbons (Fsp3) is 0.643. The molecule has 0 saturated carbocycles. The van der Waals surface area contributed by atoms with Crippen molar-refractivity contribution >= 4 is 11.7 Å². The van der Waals surface area contributed by atoms with Crippen molar-refractivity contribution in [1.29, 1.82) is 0 Å². The highest BCUT2D eigenvalue weighted by atomic mass is 16.1. The van der Waals surface area contributed by atoms with Gasteiger partial charge in [-0.05, 0) is 25.3 Å². The van der Waals surface area contributed by atoms with Crippen LogP contribution in [0, 0.1) is 0 Å². The van der Waals surface area contributed by atoms with Crippen LogP contribution in [-0.2, 0) is 24.2 Å². The number of hydrogen-bond donors (Lipinski definition) is 2. The second-order valence-corrected chi connectivity index (χ2v) is 4.53. The number of rotatable bonds is 7. The van der Waals surface area contributed by atoms with Crippen LogP contribution in [0.15, 0.2) is 0 Å². The number of aryl methyl sites for hydroxylation is 1. The van der Waals surface area contributed by atoms with Crippen LogP contribution in [-0.4, -0.2) is 36.2 Å². The molecule has 1 amide bonds. The molecule has 0 saturated heterocycles. The summed E-state index contributed by atoms with van der Waals surface area (Å²) in [7, 11) is 1.63. The Labute approximate surface area is 120 Å². The number of likely N-dealkylation sites (N-methyl/N-ethyl adjacent to an activating group) is 2. The van der Waals surface area contributed by atoms with E-state index < -0.39 is 0 Å². The van der Waals surface area contributed by atoms with Crippen LogP contribution in [0.2, 0.25) is 0 Å². The molecule has 0 aromatic carbocycles. The molecule has 0 aliphatic rings. The summed E-state index contributed by atoms with van der Waals surface area (Å²) in [6, 6.07) is 0. The van der Waals surface area contributed by atoms with E-state index in [2.05, 4.69) is 29.4 Å². The SMILES string of the molecule is CCc1nnc(N(CC)CC(=O)NC)c(CN)c1CC. The van der Waals surface area contributed by atoms with Crippen molar-refractivity contribution in [2.45, 2.75) is 40.2 Å². The number of nitrogens with zero attached hydrogens (tertiary/aromatic N) is 3. The summed E-state index contributed by atoms with van der Waals surface area (Å²) in [6.07, 6.45) is 1.71. The third kappa shape index (κ3) is 3.45. The Balaban J connectivity index is 3.24. The second kappa shape index (κ2) is 7.79. The number of anilines is 1. The lowest BCUT2D eigenvalue weighted by Crippen LogP contribution is -2.37. The monoisotopic (exact) mass is 279 g/mol. The molecule has 1 aromatic rings. The molecule has 0 bridgehead atoms. The van der Waals surface area contributed by atoms with E-state index in [1.165, 1.54) is 0 Å². The van der Waals surface area contributed by atoms with E-state index in [0.717, 1.165) is 35.5 Å². The minimum atomic E-state index is -0.0470. The third-order valence-electron chi connectivity index (χ3n) is 3.44. The minimum absolute atomic E-state index is 0.0470. The third-order valence-corrected chi connectivity index (χ3v) is 3.44. The Morgan fingerprint density at radius 3 is 2.35 bits per heavy atom. The number of aromatic nitrogens is 2. The van der Waals surface area contributed by atoms with Gasteiger partial charge in [0.15, 0.2) is 5.82 Å². The molecule has 0 spiro atoms. The predicted molar refractivity (Wildman–Crippen MR) is 80.6 cm³/mol. The van der Waals surface area contributed by atoms with Gasteiger partial charge in [-0.3, -0.25) is 4.79 Å². The van der Waals surface area contributed by atoms with Crippen LogP contribution in [0.3, 0.4) is 0 Å². The number of hydrogen-bond acceptors (Lipinski definition) is 5. The number of nitrogens with two attached hydrogens (primary N) is 1. The average Bonchev–Trinajstić information content (AvgIpc) is 2.50. The first-order valence-corrected chi connectivity index (χ1v) is 7.15. The lowest BCUT2D eigenvalue weighted by atomic mass is 10.0. The zero-order chi connectivity index (χ0) is 15.1. The molecule has 0 radical (unpaired) electrons. The molecule has 0 aliphatic heterocycles. The normalized spacial score (nSPS) is 10.4. The molecule has 1 heterocycles. The summed E-state index contributed by atoms with van der Waals surface area (Å²) in [5.41, 5.74) is 9.07. The topological polar surface area (TPSA) is 84.1 Å². The van der Waals surface area contributed by atoms with E-state index in [-0.39, 0.29) is 12.5 Å². The molecule has 6 nitrogen and oxygen atoms in total. The van der Waals surface area contributed by atoms with Crippen molar-refractivity contribution in [3.63, 3.8) is 0 Å². The molecule has 3 N–H and O–H groups in total. The lowest BCUT2D eigenvalue weighted by Gasteiger charge is -2.24. The van der Waals surface area contributed by atoms with Gasteiger partial charge in [0.05, 0.1) is 12.2 Å². The second-order valence-electron chi connectivity index (χ2n) is 4.53. The van der Waals surface area contributed by atoms with Crippen molar-refractivity contribution in [2.24, 2.45) is 5.73 Å². The summed E-state index contributed by atoms with van der Waals surface area (Å²) < 4.78 is 0. The maximum absolute atomic E-state index is 11.6. The van der Waals surface area contributed by atoms with Crippen LogP contribution in [0.5, 0.6) is 0 Å². The minimum Gasteiger partial charge on any atom is -0.358 e. The number of nitrogens with one attached hydrogen (secondary N) is 1. The summed E-state index contributed by atoms with van der Waals surface area (Å²) in [5.74, 6) is 0.682. The zero-order valence-corrected chi connectivity index (χ0v) is 12.9. The Kier molecular flexibility index (Phi) is 6.38. The Hall–Kier alpha value is -1.69. The number of carbonyl (C=O) groups excluding carboxylic acids is 1. The maximum Gasteiger partial charge on any atom is 0.239 e. The highest BCUT2D eigenvalue weighted by molar-refractivity contribution is 5.81. The van der Waals surface area contributed by atoms with E-state index in [4.69, 9.17) is 5.73 Å². The van der Waals surface area contributed by atoms with E-state index in [9.17, 15) is 4.79 Å². The fourth-order valence-corrected chi connectivity index (χ4v) is 2.30. The van der Waals surface area contributed by atoms with Crippen LogP contribution >= 0.6 is 0 Å². The summed E-state index contributed by atoms with van der Waals surface area (Å²) in [5, 5.41) is 11.2. The molecule has 1 aromatic heterocycles. The van der Waals surface area contributed by atoms with Crippen LogP contribution in [0.4, 0.5) is 5.82 Å². The lowest BCUT2D eigenvalue weighted by molar-refractivity contribution is -0.119. The van der Waals surface area contributed by atoms with E-state index >= 15 is 0 Å². The fourth-order valence-electron chi connectivity index (χ4n) is 2.30. The van der Waals surface area contributed by atoms with Crippen molar-refractivity contribution in [3.05, 3.63) is 16.8 Å². The van der Waals surface area contributed by atoms with Gasteiger partial charge in [0, 0.05) is 25.7 Å². The molecular weight excluding hydrogens is 254 g/mol. The summed E-state index contributed by atoms with van der Waals surface area (Å²) in [4.78, 5) is 13.5. The van der Waals surface area contributed by atoms with Crippen molar-refractivity contribution in [3.8, 4) is 0 Å². The number of carbonyl (C=O) groups is 1. The standard InChI is InChI=1S/C14H25N5O/c1-5-10-11(8-15)14(18-17-12(10)6-2)19(7-3)9-13(20)16-4/h5-9,15H2,1-4H3,(H,16,20). The molecule has 0 atom stereocenters. The highest BCUT2D eigenvalue weighted by Crippen LogP contribution is 2.23. The van der Waals surface area contributed by atoms with Crippen molar-refractivity contribution in [1.82, 2.24) is 15.5 Å². The van der Waals surface area contributed by atoms with Gasteiger partial charge in [0.2, 0.25) is 5.91 Å². The van der Waals surface area contributed by atoms with Gasteiger partial charge in [-0.2, -0.15) is 5.10 Å². The molecule has 112 valence electrons. The first kappa shape index (κ1) is 16.4. The van der Waals surface area contributed by atoms with Gasteiger partial charge < -0.3 is 16.0 Å². The van der Waals surface area contributed by atoms with Gasteiger partial charge in [0.1, 0.15) is 0 Å². The first-order chi connectivity index (χ1) is 9.62. The molecule has 6 heteroatoms. The largest absolute Gasteiger partial charge is 0.358 e. The highest BCUT2D eigenvalue weighted by Gasteiger charge is 2.19. The van der Waals surface area contributed by atoms with Gasteiger partial charge >= 0.3 is 0 Å². The Morgan fingerprint density at radius 1 is 1.20 bits per heavy atom. The van der Waals surface area contributed by atoms with Crippen LogP contribution < -0.4 is 16.0 Å². The van der Waals surface area contributed by atoms with Crippen molar-refractivity contribution in [2.75, 3.05) is 25.0 Å². The number of amides is 1. The van der Waals surface area contributed by atoms with Gasteiger partial charge in [-0.15, -0.1) is 5.10 Å². The molecule has 0 aliphatic carbocycles. The van der Waals surface area contributed by atoms with E-state index in [0.29, 0.717) is 13.1 Å². The Morgan fingerprint density at radius 2 is 1.90 bits per heavy atom. The summed E-state index contributed by atoms with van der Waals surface area (Å²) >= 11 is 0. The van der Waals surface area contributed by atoms with E-state index in [1.54, 1.807) is 7.05 Å². The molecule has 0 unspecified atom stereocenters. The maximum atomic E-state index is 11.6. The van der Waals surface area contributed by atoms with Gasteiger partial charge in [0.25, 0.3) is 0 Å². The first-order valence-electron chi connectivity index (χ1n) is 7.15. The van der Waals surface area contributed by atoms with E-state index in [1.807, 2.05) is 11.8 Å². The molecular formula is C14H25N5O. The molecule has 20 heavy (non-hydrogen) atoms. The average molecular weight is 279 g/mol.